The largest absolute Gasteiger partial charge is 0.349 e. The zero-order valence-corrected chi connectivity index (χ0v) is 13.8. The number of nitrogens with zero attached hydrogens (tertiary/aromatic N) is 6. The molecule has 23 heavy (non-hydrogen) atoms. The Morgan fingerprint density at radius 2 is 1.91 bits per heavy atom. The van der Waals surface area contributed by atoms with Crippen LogP contribution in [0.3, 0.4) is 0 Å². The highest BCUT2D eigenvalue weighted by atomic mass is 16.6. The molecule has 0 N–H and O–H groups in total. The number of aryl methyl sites for hydroxylation is 4. The summed E-state index contributed by atoms with van der Waals surface area (Å²) >= 11 is 0. The van der Waals surface area contributed by atoms with Crippen molar-refractivity contribution in [2.24, 2.45) is 0 Å². The van der Waals surface area contributed by atoms with Gasteiger partial charge >= 0.3 is 0 Å². The van der Waals surface area contributed by atoms with Crippen molar-refractivity contribution in [3.63, 3.8) is 0 Å². The molecule has 2 aromatic heterocycles. The molecule has 0 aromatic carbocycles. The van der Waals surface area contributed by atoms with Crippen molar-refractivity contribution < 1.29 is 9.42 Å². The van der Waals surface area contributed by atoms with Crippen LogP contribution in [0.25, 0.3) is 0 Å². The van der Waals surface area contributed by atoms with E-state index in [0.29, 0.717) is 26.1 Å². The van der Waals surface area contributed by atoms with Crippen LogP contribution in [-0.4, -0.2) is 57.1 Å². The molecule has 124 valence electrons. The van der Waals surface area contributed by atoms with E-state index < -0.39 is 0 Å². The second kappa shape index (κ2) is 6.39. The quantitative estimate of drug-likeness (QED) is 0.834. The zero-order chi connectivity index (χ0) is 16.4. The molecular formula is C15H22N6O2. The van der Waals surface area contributed by atoms with Gasteiger partial charge in [0.05, 0.1) is 5.69 Å². The van der Waals surface area contributed by atoms with Crippen LogP contribution in [0.5, 0.6) is 0 Å². The van der Waals surface area contributed by atoms with E-state index in [4.69, 9.17) is 4.63 Å². The summed E-state index contributed by atoms with van der Waals surface area (Å²) in [5, 5.41) is 12.1. The molecule has 1 aliphatic rings. The molecule has 0 atom stereocenters. The molecule has 2 aromatic rings. The second-order valence-corrected chi connectivity index (χ2v) is 5.94. The Morgan fingerprint density at radius 3 is 2.48 bits per heavy atom. The number of hydrogen-bond donors (Lipinski definition) is 0. The number of aromatic nitrogens is 4. The molecule has 1 amide bonds. The molecule has 0 bridgehead atoms. The fourth-order valence-corrected chi connectivity index (χ4v) is 2.94. The monoisotopic (exact) mass is 318 g/mol. The molecule has 3 heterocycles. The van der Waals surface area contributed by atoms with Gasteiger partial charge in [-0.1, -0.05) is 5.16 Å². The van der Waals surface area contributed by atoms with Gasteiger partial charge in [0.1, 0.15) is 5.69 Å². The summed E-state index contributed by atoms with van der Waals surface area (Å²) in [6.07, 6.45) is 0.479. The average molecular weight is 318 g/mol. The van der Waals surface area contributed by atoms with E-state index >= 15 is 0 Å². The number of rotatable bonds is 4. The summed E-state index contributed by atoms with van der Waals surface area (Å²) in [5.41, 5.74) is 2.86. The first-order valence-corrected chi connectivity index (χ1v) is 7.87. The Hall–Kier alpha value is -2.38. The molecule has 1 aliphatic heterocycles. The molecular weight excluding hydrogens is 296 g/mol. The second-order valence-electron chi connectivity index (χ2n) is 5.94. The van der Waals surface area contributed by atoms with Crippen molar-refractivity contribution >= 4 is 11.7 Å². The molecule has 0 spiro atoms. The first kappa shape index (κ1) is 15.5. The van der Waals surface area contributed by atoms with Gasteiger partial charge in [-0.25, -0.2) is 4.63 Å². The highest BCUT2D eigenvalue weighted by Gasteiger charge is 2.24. The van der Waals surface area contributed by atoms with Crippen LogP contribution in [0.15, 0.2) is 10.7 Å². The first-order chi connectivity index (χ1) is 11.0. The number of carbonyl (C=O) groups excluding carboxylic acids is 1. The standard InChI is InChI=1S/C15H22N6O2/c1-11-10-12(2)21(16-11)5-4-14(22)19-6-8-20(9-7-19)15-13(3)17-23-18-15/h10H,4-9H2,1-3H3. The molecule has 0 unspecified atom stereocenters. The van der Waals surface area contributed by atoms with Crippen LogP contribution in [0.4, 0.5) is 5.82 Å². The van der Waals surface area contributed by atoms with Crippen molar-refractivity contribution in [1.82, 2.24) is 25.0 Å². The molecule has 8 nitrogen and oxygen atoms in total. The maximum Gasteiger partial charge on any atom is 0.224 e. The minimum absolute atomic E-state index is 0.173. The third kappa shape index (κ3) is 3.35. The Labute approximate surface area is 135 Å². The van der Waals surface area contributed by atoms with Gasteiger partial charge in [0.15, 0.2) is 5.82 Å². The van der Waals surface area contributed by atoms with Gasteiger partial charge in [0.25, 0.3) is 0 Å². The summed E-state index contributed by atoms with van der Waals surface area (Å²) in [5.74, 6) is 0.951. The lowest BCUT2D eigenvalue weighted by atomic mass is 10.2. The maximum absolute atomic E-state index is 12.4. The fraction of sp³-hybridized carbons (Fsp3) is 0.600. The predicted molar refractivity (Wildman–Crippen MR) is 84.1 cm³/mol. The normalized spacial score (nSPS) is 15.3. The van der Waals surface area contributed by atoms with Gasteiger partial charge in [-0.15, -0.1) is 0 Å². The van der Waals surface area contributed by atoms with E-state index in [0.717, 1.165) is 36.0 Å². The Balaban J connectivity index is 1.50. The van der Waals surface area contributed by atoms with E-state index in [1.807, 2.05) is 36.4 Å². The van der Waals surface area contributed by atoms with Crippen LogP contribution in [0.1, 0.15) is 23.5 Å². The van der Waals surface area contributed by atoms with Gasteiger partial charge in [-0.05, 0) is 32.0 Å². The van der Waals surface area contributed by atoms with Crippen LogP contribution < -0.4 is 4.90 Å². The summed E-state index contributed by atoms with van der Waals surface area (Å²) in [6.45, 7) is 9.37. The fourth-order valence-electron chi connectivity index (χ4n) is 2.94. The molecule has 8 heteroatoms. The molecule has 1 saturated heterocycles. The van der Waals surface area contributed by atoms with Gasteiger partial charge in [0.2, 0.25) is 5.91 Å². The van der Waals surface area contributed by atoms with E-state index in [9.17, 15) is 4.79 Å². The van der Waals surface area contributed by atoms with E-state index in [2.05, 4.69) is 20.3 Å². The lowest BCUT2D eigenvalue weighted by Crippen LogP contribution is -2.49. The van der Waals surface area contributed by atoms with Crippen molar-refractivity contribution in [2.45, 2.75) is 33.7 Å². The van der Waals surface area contributed by atoms with Crippen LogP contribution in [0, 0.1) is 20.8 Å². The third-order valence-electron chi connectivity index (χ3n) is 4.20. The number of amides is 1. The van der Waals surface area contributed by atoms with Gasteiger partial charge < -0.3 is 9.80 Å². The highest BCUT2D eigenvalue weighted by molar-refractivity contribution is 5.76. The highest BCUT2D eigenvalue weighted by Crippen LogP contribution is 2.17. The third-order valence-corrected chi connectivity index (χ3v) is 4.20. The smallest absolute Gasteiger partial charge is 0.224 e. The number of anilines is 1. The average Bonchev–Trinajstić information content (AvgIpc) is 3.10. The molecule has 0 saturated carbocycles. The number of carbonyl (C=O) groups is 1. The SMILES string of the molecule is Cc1cc(C)n(CCC(=O)N2CCN(c3nonc3C)CC2)n1. The van der Waals surface area contributed by atoms with Crippen molar-refractivity contribution in [3.05, 3.63) is 23.1 Å². The predicted octanol–water partition coefficient (Wildman–Crippen LogP) is 0.930. The van der Waals surface area contributed by atoms with Crippen molar-refractivity contribution in [2.75, 3.05) is 31.1 Å². The van der Waals surface area contributed by atoms with Crippen molar-refractivity contribution in [3.8, 4) is 0 Å². The van der Waals surface area contributed by atoms with E-state index in [1.165, 1.54) is 0 Å². The Kier molecular flexibility index (Phi) is 4.31. The Morgan fingerprint density at radius 1 is 1.17 bits per heavy atom. The minimum Gasteiger partial charge on any atom is -0.349 e. The topological polar surface area (TPSA) is 80.3 Å². The zero-order valence-electron chi connectivity index (χ0n) is 13.8. The van der Waals surface area contributed by atoms with Gasteiger partial charge in [-0.3, -0.25) is 9.48 Å². The summed E-state index contributed by atoms with van der Waals surface area (Å²) in [7, 11) is 0. The number of piperazine rings is 1. The molecule has 3 rings (SSSR count). The summed E-state index contributed by atoms with van der Waals surface area (Å²) in [6, 6.07) is 2.03. The van der Waals surface area contributed by atoms with E-state index in [1.54, 1.807) is 0 Å². The molecule has 1 fully saturated rings. The van der Waals surface area contributed by atoms with Crippen molar-refractivity contribution in [1.29, 1.82) is 0 Å². The molecule has 0 radical (unpaired) electrons. The Bertz CT molecular complexity index is 684. The number of hydrogen-bond acceptors (Lipinski definition) is 6. The lowest BCUT2D eigenvalue weighted by molar-refractivity contribution is -0.131. The molecule has 0 aliphatic carbocycles. The van der Waals surface area contributed by atoms with Gasteiger partial charge in [-0.2, -0.15) is 5.10 Å². The van der Waals surface area contributed by atoms with Crippen LogP contribution >= 0.6 is 0 Å². The lowest BCUT2D eigenvalue weighted by Gasteiger charge is -2.34. The van der Waals surface area contributed by atoms with Gasteiger partial charge in [0, 0.05) is 44.8 Å². The summed E-state index contributed by atoms with van der Waals surface area (Å²) < 4.78 is 6.64. The first-order valence-electron chi connectivity index (χ1n) is 7.87. The maximum atomic E-state index is 12.4. The van der Waals surface area contributed by atoms with Crippen LogP contribution in [-0.2, 0) is 11.3 Å². The minimum atomic E-state index is 0.173. The summed E-state index contributed by atoms with van der Waals surface area (Å²) in [4.78, 5) is 16.4. The van der Waals surface area contributed by atoms with Crippen LogP contribution in [0.2, 0.25) is 0 Å². The van der Waals surface area contributed by atoms with E-state index in [-0.39, 0.29) is 5.91 Å².